The summed E-state index contributed by atoms with van der Waals surface area (Å²) < 4.78 is 58.9. The number of nitrogens with zero attached hydrogens (tertiary/aromatic N) is 4. The summed E-state index contributed by atoms with van der Waals surface area (Å²) in [5.74, 6) is -0.586. The van der Waals surface area contributed by atoms with Crippen LogP contribution in [0.15, 0.2) is 18.5 Å². The third kappa shape index (κ3) is 13.8. The maximum atomic E-state index is 15.7. The van der Waals surface area contributed by atoms with E-state index in [0.717, 1.165) is 19.2 Å². The maximum Gasteiger partial charge on any atom is 0.406 e. The Morgan fingerprint density at radius 1 is 1.02 bits per heavy atom. The molecule has 14 nitrogen and oxygen atoms in total. The van der Waals surface area contributed by atoms with E-state index in [9.17, 15) is 19.7 Å². The van der Waals surface area contributed by atoms with Gasteiger partial charge in [0.25, 0.3) is 0 Å². The number of halogens is 1. The molecule has 0 bridgehead atoms. The molecule has 0 radical (unpaired) electrons. The molecule has 0 unspecified atom stereocenters. The minimum Gasteiger partial charge on any atom is -0.462 e. The summed E-state index contributed by atoms with van der Waals surface area (Å²) in [5.41, 5.74) is 3.90. The number of nitriles is 1. The zero-order valence-electron chi connectivity index (χ0n) is 32.1. The van der Waals surface area contributed by atoms with Crippen LogP contribution in [0.1, 0.15) is 130 Å². The first-order chi connectivity index (χ1) is 25.5. The number of unbranched alkanes of at least 4 members (excludes halogenated alkanes) is 13. The molecule has 0 aliphatic carbocycles. The normalized spacial score (nSPS) is 21.9. The van der Waals surface area contributed by atoms with E-state index in [0.29, 0.717) is 25.2 Å². The van der Waals surface area contributed by atoms with E-state index in [1.165, 1.54) is 101 Å². The van der Waals surface area contributed by atoms with Gasteiger partial charge in [0.1, 0.15) is 36.2 Å². The van der Waals surface area contributed by atoms with Crippen molar-refractivity contribution in [3.05, 3.63) is 24.2 Å². The van der Waals surface area contributed by atoms with Crippen molar-refractivity contribution in [3.8, 4) is 6.07 Å². The minimum atomic E-state index is -4.27. The standard InChI is InChI=1S/C37H62FN6O8P/c1-5-6-7-8-9-10-11-12-13-14-15-16-17-18-22-48-23-19-24-49-53(47,43-29(4)36(46)51-28(2)3)50-25-31-33(45)34(38)37(26-39,52-31)32-21-20-30-35(40)41-27-42-44(30)32/h20-21,27-29,31,33-34,45H,5-19,22-25H2,1-4H3,(H,43,47)(H2,40,41,42)/t29-,31+,33+,34+,37-,53-/m0/s1. The molecule has 53 heavy (non-hydrogen) atoms. The summed E-state index contributed by atoms with van der Waals surface area (Å²) in [4.78, 5) is 16.4. The van der Waals surface area contributed by atoms with Gasteiger partial charge in [-0.1, -0.05) is 90.4 Å². The maximum absolute atomic E-state index is 15.7. The van der Waals surface area contributed by atoms with Gasteiger partial charge in [0, 0.05) is 13.2 Å². The van der Waals surface area contributed by atoms with Crippen molar-refractivity contribution in [1.29, 1.82) is 5.26 Å². The van der Waals surface area contributed by atoms with Crippen LogP contribution in [0.4, 0.5) is 10.2 Å². The van der Waals surface area contributed by atoms with E-state index in [1.54, 1.807) is 13.8 Å². The van der Waals surface area contributed by atoms with Gasteiger partial charge in [-0.2, -0.15) is 10.4 Å². The number of nitrogens with one attached hydrogen (secondary N) is 1. The van der Waals surface area contributed by atoms with Crippen LogP contribution >= 0.6 is 7.75 Å². The van der Waals surface area contributed by atoms with Crippen molar-refractivity contribution < 1.29 is 42.1 Å². The van der Waals surface area contributed by atoms with Crippen molar-refractivity contribution in [1.82, 2.24) is 19.7 Å². The van der Waals surface area contributed by atoms with Crippen LogP contribution in [0.3, 0.4) is 0 Å². The van der Waals surface area contributed by atoms with E-state index < -0.39 is 56.4 Å². The predicted octanol–water partition coefficient (Wildman–Crippen LogP) is 7.09. The molecular formula is C37H62FN6O8P. The van der Waals surface area contributed by atoms with E-state index in [-0.39, 0.29) is 18.1 Å². The Morgan fingerprint density at radius 3 is 2.23 bits per heavy atom. The summed E-state index contributed by atoms with van der Waals surface area (Å²) >= 11 is 0. The molecule has 300 valence electrons. The molecule has 1 saturated heterocycles. The van der Waals surface area contributed by atoms with Gasteiger partial charge < -0.3 is 25.1 Å². The molecule has 2 aromatic heterocycles. The molecule has 0 aromatic carbocycles. The first-order valence-corrected chi connectivity index (χ1v) is 21.0. The number of aromatic nitrogens is 3. The molecule has 0 saturated carbocycles. The van der Waals surface area contributed by atoms with Crippen LogP contribution in [-0.4, -0.2) is 82.6 Å². The van der Waals surface area contributed by atoms with Crippen LogP contribution in [-0.2, 0) is 38.2 Å². The SMILES string of the molecule is CCCCCCCCCCCCCCCCOCCCO[P@@](=O)(N[C@@H](C)C(=O)OC(C)C)OC[C@H]1O[C@@](C#N)(c2ccc3c(N)ncnn23)[C@H](F)[C@@H]1O. The quantitative estimate of drug-likeness (QED) is 0.0452. The zero-order valence-corrected chi connectivity index (χ0v) is 32.9. The lowest BCUT2D eigenvalue weighted by Crippen LogP contribution is -2.38. The first-order valence-electron chi connectivity index (χ1n) is 19.4. The Bertz CT molecular complexity index is 1460. The van der Waals surface area contributed by atoms with Gasteiger partial charge >= 0.3 is 13.7 Å². The fraction of sp³-hybridized carbons (Fsp3) is 0.784. The molecule has 1 aliphatic heterocycles. The molecule has 3 rings (SSSR count). The number of nitrogen functional groups attached to an aromatic ring is 1. The lowest BCUT2D eigenvalue weighted by molar-refractivity contribution is -0.149. The van der Waals surface area contributed by atoms with Crippen LogP contribution in [0, 0.1) is 11.3 Å². The van der Waals surface area contributed by atoms with Gasteiger partial charge in [-0.05, 0) is 45.7 Å². The van der Waals surface area contributed by atoms with Crippen LogP contribution < -0.4 is 10.8 Å². The Morgan fingerprint density at radius 2 is 1.62 bits per heavy atom. The van der Waals surface area contributed by atoms with Gasteiger partial charge in [-0.25, -0.2) is 23.5 Å². The highest BCUT2D eigenvalue weighted by Gasteiger charge is 2.59. The molecule has 0 spiro atoms. The van der Waals surface area contributed by atoms with Gasteiger partial charge in [0.15, 0.2) is 12.0 Å². The number of ether oxygens (including phenoxy) is 3. The number of aliphatic hydroxyl groups is 1. The van der Waals surface area contributed by atoms with E-state index in [2.05, 4.69) is 22.1 Å². The number of fused-ring (bicyclic) bond motifs is 1. The number of aliphatic hydroxyl groups excluding tert-OH is 1. The van der Waals surface area contributed by atoms with Gasteiger partial charge in [0.05, 0.1) is 25.0 Å². The molecule has 0 amide bonds. The number of hydrogen-bond acceptors (Lipinski definition) is 12. The second-order valence-corrected chi connectivity index (χ2v) is 15.9. The second kappa shape index (κ2) is 23.3. The summed E-state index contributed by atoms with van der Waals surface area (Å²) in [5, 5.41) is 27.6. The Kier molecular flexibility index (Phi) is 19.6. The van der Waals surface area contributed by atoms with Gasteiger partial charge in [-0.15, -0.1) is 0 Å². The first kappa shape index (κ1) is 44.7. The third-order valence-electron chi connectivity index (χ3n) is 9.24. The van der Waals surface area contributed by atoms with Crippen LogP contribution in [0.25, 0.3) is 5.52 Å². The number of hydrogen-bond donors (Lipinski definition) is 3. The molecule has 4 N–H and O–H groups in total. The summed E-state index contributed by atoms with van der Waals surface area (Å²) in [6.45, 7) is 7.33. The highest BCUT2D eigenvalue weighted by atomic mass is 31.2. The van der Waals surface area contributed by atoms with Crippen LogP contribution in [0.5, 0.6) is 0 Å². The Labute approximate surface area is 314 Å². The van der Waals surface area contributed by atoms with Gasteiger partial charge in [-0.3, -0.25) is 13.8 Å². The monoisotopic (exact) mass is 768 g/mol. The number of esters is 1. The van der Waals surface area contributed by atoms with Crippen molar-refractivity contribution >= 4 is 25.1 Å². The molecule has 2 aromatic rings. The Balaban J connectivity index is 1.43. The molecule has 6 atom stereocenters. The minimum absolute atomic E-state index is 0.0187. The number of anilines is 1. The topological polar surface area (TPSA) is 193 Å². The lowest BCUT2D eigenvalue weighted by Gasteiger charge is -2.25. The average molecular weight is 769 g/mol. The Hall–Kier alpha value is -2.70. The van der Waals surface area contributed by atoms with Crippen molar-refractivity contribution in [2.24, 2.45) is 0 Å². The molecule has 3 heterocycles. The number of alkyl halides is 1. The predicted molar refractivity (Wildman–Crippen MR) is 200 cm³/mol. The summed E-state index contributed by atoms with van der Waals surface area (Å²) in [6.07, 6.45) is 13.5. The molecule has 1 aliphatic rings. The molecule has 16 heteroatoms. The van der Waals surface area contributed by atoms with Crippen molar-refractivity contribution in [2.75, 3.05) is 32.2 Å². The second-order valence-electron chi connectivity index (χ2n) is 14.1. The van der Waals surface area contributed by atoms with E-state index in [4.69, 9.17) is 29.0 Å². The van der Waals surface area contributed by atoms with E-state index >= 15 is 4.39 Å². The van der Waals surface area contributed by atoms with Crippen LogP contribution in [0.2, 0.25) is 0 Å². The number of nitrogens with two attached hydrogens (primary N) is 1. The van der Waals surface area contributed by atoms with E-state index in [1.807, 2.05) is 6.07 Å². The van der Waals surface area contributed by atoms with Crippen molar-refractivity contribution in [3.63, 3.8) is 0 Å². The highest BCUT2D eigenvalue weighted by Crippen LogP contribution is 2.47. The van der Waals surface area contributed by atoms with Gasteiger partial charge in [0.2, 0.25) is 5.60 Å². The van der Waals surface area contributed by atoms with Crippen molar-refractivity contribution in [2.45, 2.75) is 160 Å². The number of rotatable bonds is 28. The molecular weight excluding hydrogens is 706 g/mol. The lowest BCUT2D eigenvalue weighted by atomic mass is 9.94. The fourth-order valence-corrected chi connectivity index (χ4v) is 7.79. The average Bonchev–Trinajstić information content (AvgIpc) is 3.68. The largest absolute Gasteiger partial charge is 0.462 e. The fourth-order valence-electron chi connectivity index (χ4n) is 6.27. The smallest absolute Gasteiger partial charge is 0.406 e. The highest BCUT2D eigenvalue weighted by molar-refractivity contribution is 7.51. The summed E-state index contributed by atoms with van der Waals surface area (Å²) in [6, 6.07) is 3.64. The summed E-state index contributed by atoms with van der Waals surface area (Å²) in [7, 11) is -4.27. The molecule has 1 fully saturated rings. The number of carbonyl (C=O) groups is 1. The zero-order chi connectivity index (χ0) is 38.7. The third-order valence-corrected chi connectivity index (χ3v) is 11.0. The number of carbonyl (C=O) groups excluding carboxylic acids is 1.